The number of methoxy groups -OCH3 is 1. The number of carbonyl (C=O) groups is 1. The number of likely N-dealkylation sites (N-methyl/N-ethyl adjacent to an activating group) is 1. The lowest BCUT2D eigenvalue weighted by atomic mass is 9.73. The maximum Gasteiger partial charge on any atom is 0.311 e. The minimum absolute atomic E-state index is 0.0657. The Morgan fingerprint density at radius 3 is 2.08 bits per heavy atom. The molecule has 0 aliphatic carbocycles. The van der Waals surface area contributed by atoms with Crippen molar-refractivity contribution in [3.63, 3.8) is 0 Å². The summed E-state index contributed by atoms with van der Waals surface area (Å²) in [6, 6.07) is -0.322. The van der Waals surface area contributed by atoms with Gasteiger partial charge in [0.1, 0.15) is 23.9 Å². The van der Waals surface area contributed by atoms with Gasteiger partial charge in [0.2, 0.25) is 0 Å². The van der Waals surface area contributed by atoms with Crippen molar-refractivity contribution < 1.29 is 64.0 Å². The third kappa shape index (κ3) is 9.47. The number of carbonyl (C=O) groups excluding carboxylic acids is 1. The van der Waals surface area contributed by atoms with Gasteiger partial charge in [-0.05, 0) is 74.9 Å². The Balaban J connectivity index is 2.21. The van der Waals surface area contributed by atoms with E-state index < -0.39 is 102 Å². The molecule has 2 unspecified atom stereocenters. The number of aliphatic hydroxyl groups excluding tert-OH is 3. The van der Waals surface area contributed by atoms with Gasteiger partial charge in [-0.25, -0.2) is 0 Å². The van der Waals surface area contributed by atoms with E-state index in [-0.39, 0.29) is 37.1 Å². The molecule has 3 heterocycles. The van der Waals surface area contributed by atoms with Gasteiger partial charge in [-0.1, -0.05) is 32.9 Å². The molecule has 0 aromatic rings. The summed E-state index contributed by atoms with van der Waals surface area (Å²) in [5.74, 6) is -4.24. The van der Waals surface area contributed by atoms with Gasteiger partial charge in [-0.3, -0.25) is 4.79 Å². The second-order valence-corrected chi connectivity index (χ2v) is 16.6. The molecule has 15 heteroatoms. The van der Waals surface area contributed by atoms with E-state index in [1.807, 2.05) is 25.9 Å². The maximum absolute atomic E-state index is 14.1. The molecular formula is C37H68N2O13. The molecule has 0 aromatic carbocycles. The first-order valence-electron chi connectivity index (χ1n) is 18.7. The molecule has 3 aliphatic heterocycles. The minimum Gasteiger partial charge on any atom is -0.459 e. The van der Waals surface area contributed by atoms with Gasteiger partial charge in [0, 0.05) is 37.3 Å². The van der Waals surface area contributed by atoms with Crippen LogP contribution in [0, 0.1) is 23.7 Å². The number of rotatable bonds is 7. The van der Waals surface area contributed by atoms with E-state index in [1.165, 1.54) is 14.0 Å². The Hall–Kier alpha value is -1.50. The lowest BCUT2D eigenvalue weighted by Gasteiger charge is -2.49. The molecule has 3 rings (SSSR count). The summed E-state index contributed by atoms with van der Waals surface area (Å²) < 4.78 is 37.2. The zero-order valence-electron chi connectivity index (χ0n) is 33.4. The number of ether oxygens (including phenoxy) is 6. The van der Waals surface area contributed by atoms with Crippen molar-refractivity contribution in [1.29, 1.82) is 0 Å². The molecule has 0 aromatic heterocycles. The van der Waals surface area contributed by atoms with Gasteiger partial charge < -0.3 is 64.1 Å². The second kappa shape index (κ2) is 17.5. The molecule has 52 heavy (non-hydrogen) atoms. The largest absolute Gasteiger partial charge is 0.459 e. The highest BCUT2D eigenvalue weighted by Crippen LogP contribution is 2.41. The SMILES string of the molecule is CC[C@H]1OC(=O)[C@H](C)[C@@H](OC2C[C@](C)(OC)[C@H](O)[C@@H](C)O2)[C@H](C)[C@@H](OC2O[C@H](C)C[C@H](N(C)C)[C@H]2O)[C@](C)(O)C[C@@H](C)/C(=N/O)[C@H](C)[C@@H](O)[C@]1(C)O. The Morgan fingerprint density at radius 1 is 0.923 bits per heavy atom. The van der Waals surface area contributed by atoms with E-state index in [0.29, 0.717) is 6.42 Å². The fourth-order valence-electron chi connectivity index (χ4n) is 8.61. The topological polar surface area (TPSA) is 209 Å². The van der Waals surface area contributed by atoms with E-state index in [0.717, 1.165) is 0 Å². The number of hydrogen-bond acceptors (Lipinski definition) is 15. The first-order chi connectivity index (χ1) is 24.0. The Kier molecular flexibility index (Phi) is 15.1. The standard InChI is InChI=1S/C37H68N2O13/c1-14-25-37(10,45)30(41)20(4)27(38-46)18(2)16-35(8,44)32(52-34-28(40)24(39(11)12)15-19(3)48-34)21(5)29(22(6)33(43)50-25)51-26-17-36(9,47-13)31(42)23(7)49-26/h18-26,28-32,34,40-42,44-46H,14-17H2,1-13H3/b38-27-/t18-,19-,20+,21+,22-,23-,24+,25-,26?,28-,29+,30-,31-,32-,34?,35-,36+,37-/m1/s1. The Morgan fingerprint density at radius 2 is 1.54 bits per heavy atom. The van der Waals surface area contributed by atoms with Crippen molar-refractivity contribution in [2.45, 2.75) is 179 Å². The lowest BCUT2D eigenvalue weighted by Crippen LogP contribution is -2.61. The average molecular weight is 749 g/mol. The first kappa shape index (κ1) is 44.9. The van der Waals surface area contributed by atoms with E-state index in [1.54, 1.807) is 55.4 Å². The molecule has 3 aliphatic rings. The van der Waals surface area contributed by atoms with Gasteiger partial charge >= 0.3 is 5.97 Å². The summed E-state index contributed by atoms with van der Waals surface area (Å²) in [6.45, 7) is 16.6. The van der Waals surface area contributed by atoms with Crippen molar-refractivity contribution in [3.05, 3.63) is 0 Å². The smallest absolute Gasteiger partial charge is 0.311 e. The summed E-state index contributed by atoms with van der Waals surface area (Å²) in [5, 5.41) is 71.8. The van der Waals surface area contributed by atoms with Crippen LogP contribution in [0.25, 0.3) is 0 Å². The van der Waals surface area contributed by atoms with Crippen LogP contribution in [0.1, 0.15) is 94.9 Å². The van der Waals surface area contributed by atoms with Gasteiger partial charge in [-0.2, -0.15) is 0 Å². The van der Waals surface area contributed by atoms with E-state index in [4.69, 9.17) is 28.4 Å². The number of nitrogens with zero attached hydrogens (tertiary/aromatic N) is 2. The van der Waals surface area contributed by atoms with Gasteiger partial charge in [0.25, 0.3) is 0 Å². The third-order valence-electron chi connectivity index (χ3n) is 12.0. The van der Waals surface area contributed by atoms with Gasteiger partial charge in [0.15, 0.2) is 12.6 Å². The summed E-state index contributed by atoms with van der Waals surface area (Å²) in [5.41, 5.74) is -4.68. The molecule has 0 bridgehead atoms. The molecule has 0 radical (unpaired) electrons. The van der Waals surface area contributed by atoms with E-state index in [2.05, 4.69) is 5.16 Å². The number of oxime groups is 1. The molecule has 0 spiro atoms. The minimum atomic E-state index is -1.97. The van der Waals surface area contributed by atoms with Crippen LogP contribution in [0.15, 0.2) is 5.16 Å². The Bertz CT molecular complexity index is 1200. The zero-order chi connectivity index (χ0) is 39.7. The second-order valence-electron chi connectivity index (χ2n) is 16.6. The number of esters is 1. The van der Waals surface area contributed by atoms with Gasteiger partial charge in [0.05, 0.1) is 53.4 Å². The molecule has 18 atom stereocenters. The summed E-state index contributed by atoms with van der Waals surface area (Å²) in [4.78, 5) is 16.0. The molecule has 3 saturated heterocycles. The quantitative estimate of drug-likeness (QED) is 0.125. The predicted molar refractivity (Wildman–Crippen MR) is 190 cm³/mol. The summed E-state index contributed by atoms with van der Waals surface area (Å²) in [7, 11) is 5.19. The van der Waals surface area contributed by atoms with Crippen molar-refractivity contribution >= 4 is 11.7 Å². The van der Waals surface area contributed by atoms with Crippen LogP contribution in [0.5, 0.6) is 0 Å². The fourth-order valence-corrected chi connectivity index (χ4v) is 8.61. The van der Waals surface area contributed by atoms with Gasteiger partial charge in [-0.15, -0.1) is 0 Å². The number of hydrogen-bond donors (Lipinski definition) is 6. The molecule has 15 nitrogen and oxygen atoms in total. The van der Waals surface area contributed by atoms with Crippen LogP contribution in [-0.4, -0.2) is 153 Å². The van der Waals surface area contributed by atoms with E-state index in [9.17, 15) is 35.5 Å². The maximum atomic E-state index is 14.1. The van der Waals surface area contributed by atoms with Crippen LogP contribution < -0.4 is 0 Å². The lowest BCUT2D eigenvalue weighted by molar-refractivity contribution is -0.317. The van der Waals surface area contributed by atoms with Crippen molar-refractivity contribution in [2.75, 3.05) is 21.2 Å². The molecule has 6 N–H and O–H groups in total. The van der Waals surface area contributed by atoms with Crippen LogP contribution in [0.3, 0.4) is 0 Å². The highest BCUT2D eigenvalue weighted by atomic mass is 16.7. The fraction of sp³-hybridized carbons (Fsp3) is 0.946. The van der Waals surface area contributed by atoms with Crippen molar-refractivity contribution in [3.8, 4) is 0 Å². The van der Waals surface area contributed by atoms with Crippen molar-refractivity contribution in [2.24, 2.45) is 28.8 Å². The summed E-state index contributed by atoms with van der Waals surface area (Å²) in [6.07, 6.45) is -9.51. The highest BCUT2D eigenvalue weighted by Gasteiger charge is 2.53. The zero-order valence-corrected chi connectivity index (χ0v) is 33.4. The predicted octanol–water partition coefficient (Wildman–Crippen LogP) is 2.05. The third-order valence-corrected chi connectivity index (χ3v) is 12.0. The number of aliphatic hydroxyl groups is 5. The van der Waals surface area contributed by atoms with Crippen molar-refractivity contribution in [1.82, 2.24) is 4.90 Å². The first-order valence-corrected chi connectivity index (χ1v) is 18.7. The normalized spacial score (nSPS) is 49.8. The molecule has 3 fully saturated rings. The average Bonchev–Trinajstić information content (AvgIpc) is 3.06. The molecule has 304 valence electrons. The monoisotopic (exact) mass is 748 g/mol. The van der Waals surface area contributed by atoms with Crippen LogP contribution in [0.2, 0.25) is 0 Å². The number of cyclic esters (lactones) is 1. The van der Waals surface area contributed by atoms with E-state index >= 15 is 0 Å². The Labute approximate surface area is 309 Å². The van der Waals surface area contributed by atoms with Crippen LogP contribution >= 0.6 is 0 Å². The highest BCUT2D eigenvalue weighted by molar-refractivity contribution is 5.88. The molecule has 0 saturated carbocycles. The molecular weight excluding hydrogens is 680 g/mol. The van der Waals surface area contributed by atoms with Crippen LogP contribution in [-0.2, 0) is 33.2 Å². The summed E-state index contributed by atoms with van der Waals surface area (Å²) >= 11 is 0. The molecule has 0 amide bonds. The van der Waals surface area contributed by atoms with Crippen LogP contribution in [0.4, 0.5) is 0 Å².